The molecule has 1 aliphatic heterocycles. The van der Waals surface area contributed by atoms with Crippen LogP contribution >= 0.6 is 0 Å². The van der Waals surface area contributed by atoms with Gasteiger partial charge in [0.2, 0.25) is 0 Å². The number of rotatable bonds is 3. The smallest absolute Gasteiger partial charge is 0.104 e. The van der Waals surface area contributed by atoms with E-state index in [0.717, 1.165) is 29.9 Å². The molecule has 0 amide bonds. The maximum absolute atomic E-state index is 4.50. The molecule has 5 rings (SSSR count). The van der Waals surface area contributed by atoms with Crippen molar-refractivity contribution in [1.82, 2.24) is 19.9 Å². The van der Waals surface area contributed by atoms with E-state index in [9.17, 15) is 0 Å². The van der Waals surface area contributed by atoms with E-state index in [1.54, 1.807) is 0 Å². The number of likely N-dealkylation sites (tertiary alicyclic amines) is 1. The summed E-state index contributed by atoms with van der Waals surface area (Å²) in [4.78, 5) is 14.1. The Morgan fingerprint density at radius 1 is 1.08 bits per heavy atom. The number of aryl methyl sites for hydroxylation is 1. The molecule has 4 aromatic rings. The molecule has 4 nitrogen and oxygen atoms in total. The molecule has 2 aromatic carbocycles. The first kappa shape index (κ1) is 15.6. The largest absolute Gasteiger partial charge is 0.358 e. The van der Waals surface area contributed by atoms with E-state index in [1.807, 2.05) is 6.92 Å². The van der Waals surface area contributed by atoms with Crippen LogP contribution in [0.3, 0.4) is 0 Å². The maximum Gasteiger partial charge on any atom is 0.104 e. The molecule has 4 heteroatoms. The van der Waals surface area contributed by atoms with Crippen LogP contribution in [0.25, 0.3) is 21.9 Å². The van der Waals surface area contributed by atoms with Gasteiger partial charge in [0.1, 0.15) is 5.82 Å². The van der Waals surface area contributed by atoms with Crippen LogP contribution in [-0.2, 0) is 6.54 Å². The second kappa shape index (κ2) is 6.29. The number of fused-ring (bicyclic) bond motifs is 2. The highest BCUT2D eigenvalue weighted by atomic mass is 15.1. The van der Waals surface area contributed by atoms with Crippen LogP contribution in [0.4, 0.5) is 0 Å². The number of nitrogens with zero attached hydrogens (tertiary/aromatic N) is 2. The van der Waals surface area contributed by atoms with E-state index in [4.69, 9.17) is 0 Å². The summed E-state index contributed by atoms with van der Waals surface area (Å²) in [5.41, 5.74) is 6.19. The summed E-state index contributed by atoms with van der Waals surface area (Å²) in [6, 6.07) is 17.5. The highest BCUT2D eigenvalue weighted by Gasteiger charge is 2.22. The first-order valence-electron chi connectivity index (χ1n) is 9.50. The fraction of sp³-hybridized carbons (Fsp3) is 0.318. The lowest BCUT2D eigenvalue weighted by Gasteiger charge is -2.32. The van der Waals surface area contributed by atoms with Crippen molar-refractivity contribution in [3.63, 3.8) is 0 Å². The Morgan fingerprint density at radius 2 is 2.00 bits per heavy atom. The zero-order valence-electron chi connectivity index (χ0n) is 15.1. The van der Waals surface area contributed by atoms with Gasteiger partial charge in [-0.15, -0.1) is 0 Å². The van der Waals surface area contributed by atoms with E-state index in [1.165, 1.54) is 41.5 Å². The lowest BCUT2D eigenvalue weighted by molar-refractivity contribution is 0.199. The highest BCUT2D eigenvalue weighted by molar-refractivity contribution is 5.80. The molecule has 0 bridgehead atoms. The van der Waals surface area contributed by atoms with E-state index in [0.29, 0.717) is 5.92 Å². The molecule has 1 saturated heterocycles. The Hall–Kier alpha value is -2.59. The Labute approximate surface area is 153 Å². The Balaban J connectivity index is 1.34. The molecule has 1 aliphatic rings. The number of hydrogen-bond acceptors (Lipinski definition) is 2. The van der Waals surface area contributed by atoms with E-state index >= 15 is 0 Å². The monoisotopic (exact) mass is 344 g/mol. The first-order valence-corrected chi connectivity index (χ1v) is 9.50. The minimum atomic E-state index is 0.592. The van der Waals surface area contributed by atoms with Crippen LogP contribution in [0.2, 0.25) is 0 Å². The third-order valence-corrected chi connectivity index (χ3v) is 5.57. The van der Waals surface area contributed by atoms with Crippen LogP contribution in [0.15, 0.2) is 48.5 Å². The summed E-state index contributed by atoms with van der Waals surface area (Å²) in [6.45, 7) is 5.31. The molecule has 0 spiro atoms. The molecule has 1 fully saturated rings. The van der Waals surface area contributed by atoms with Gasteiger partial charge in [-0.1, -0.05) is 24.3 Å². The van der Waals surface area contributed by atoms with Gasteiger partial charge in [-0.3, -0.25) is 4.90 Å². The Bertz CT molecular complexity index is 1030. The number of hydrogen-bond donors (Lipinski definition) is 2. The predicted octanol–water partition coefficient (Wildman–Crippen LogP) is 4.73. The molecule has 0 saturated carbocycles. The summed E-state index contributed by atoms with van der Waals surface area (Å²) >= 11 is 0. The van der Waals surface area contributed by atoms with Gasteiger partial charge in [0, 0.05) is 30.2 Å². The summed E-state index contributed by atoms with van der Waals surface area (Å²) in [7, 11) is 0. The molecule has 0 radical (unpaired) electrons. The number of piperidine rings is 1. The topological polar surface area (TPSA) is 47.7 Å². The van der Waals surface area contributed by atoms with E-state index < -0.39 is 0 Å². The predicted molar refractivity (Wildman–Crippen MR) is 106 cm³/mol. The van der Waals surface area contributed by atoms with Crippen molar-refractivity contribution < 1.29 is 0 Å². The number of imidazole rings is 1. The van der Waals surface area contributed by atoms with Crippen LogP contribution < -0.4 is 0 Å². The number of aromatic amines is 2. The molecule has 2 N–H and O–H groups in total. The second-order valence-electron chi connectivity index (χ2n) is 7.56. The van der Waals surface area contributed by atoms with Crippen LogP contribution in [0.5, 0.6) is 0 Å². The fourth-order valence-corrected chi connectivity index (χ4v) is 4.31. The summed E-state index contributed by atoms with van der Waals surface area (Å²) in [5, 5.41) is 1.32. The lowest BCUT2D eigenvalue weighted by atomic mass is 9.94. The molecule has 1 atom stereocenters. The van der Waals surface area contributed by atoms with Gasteiger partial charge in [-0.2, -0.15) is 0 Å². The third kappa shape index (κ3) is 2.90. The molecule has 132 valence electrons. The quantitative estimate of drug-likeness (QED) is 0.564. The van der Waals surface area contributed by atoms with Crippen molar-refractivity contribution in [3.05, 3.63) is 65.6 Å². The van der Waals surface area contributed by atoms with E-state index in [2.05, 4.69) is 68.4 Å². The van der Waals surface area contributed by atoms with Crippen molar-refractivity contribution in [3.8, 4) is 0 Å². The van der Waals surface area contributed by atoms with Crippen LogP contribution in [0.1, 0.15) is 35.8 Å². The summed E-state index contributed by atoms with van der Waals surface area (Å²) in [5.74, 6) is 1.57. The van der Waals surface area contributed by atoms with E-state index in [-0.39, 0.29) is 0 Å². The zero-order valence-corrected chi connectivity index (χ0v) is 15.1. The van der Waals surface area contributed by atoms with Gasteiger partial charge in [-0.25, -0.2) is 4.98 Å². The number of nitrogens with one attached hydrogen (secondary N) is 2. The number of para-hydroxylation sites is 1. The lowest BCUT2D eigenvalue weighted by Crippen LogP contribution is -2.34. The van der Waals surface area contributed by atoms with Gasteiger partial charge in [-0.05, 0) is 61.5 Å². The second-order valence-corrected chi connectivity index (χ2v) is 7.56. The molecule has 0 unspecified atom stereocenters. The van der Waals surface area contributed by atoms with Crippen molar-refractivity contribution >= 4 is 21.9 Å². The van der Waals surface area contributed by atoms with Crippen LogP contribution in [0, 0.1) is 6.92 Å². The van der Waals surface area contributed by atoms with Gasteiger partial charge < -0.3 is 9.97 Å². The average Bonchev–Trinajstić information content (AvgIpc) is 3.24. The third-order valence-electron chi connectivity index (χ3n) is 5.57. The van der Waals surface area contributed by atoms with Crippen molar-refractivity contribution in [1.29, 1.82) is 0 Å². The number of aromatic nitrogens is 3. The summed E-state index contributed by atoms with van der Waals surface area (Å²) in [6.07, 6.45) is 2.52. The fourth-order valence-electron chi connectivity index (χ4n) is 4.31. The summed E-state index contributed by atoms with van der Waals surface area (Å²) < 4.78 is 0. The molecular weight excluding hydrogens is 320 g/mol. The van der Waals surface area contributed by atoms with Gasteiger partial charge in [0.05, 0.1) is 11.0 Å². The normalized spacial score (nSPS) is 18.7. The van der Waals surface area contributed by atoms with Gasteiger partial charge in [0.25, 0.3) is 0 Å². The molecule has 2 aromatic heterocycles. The average molecular weight is 344 g/mol. The first-order chi connectivity index (χ1) is 12.7. The standard InChI is InChI=1S/C22H24N4/c1-15-23-20-9-8-16(11-22(20)24-15)13-26-10-4-6-18(14-26)21-12-17-5-2-3-7-19(17)25-21/h2-3,5,7-9,11-12,18,25H,4,6,10,13-14H2,1H3,(H,23,24)/t18-/m0/s1. The van der Waals surface area contributed by atoms with Crippen LogP contribution in [-0.4, -0.2) is 32.9 Å². The minimum absolute atomic E-state index is 0.592. The highest BCUT2D eigenvalue weighted by Crippen LogP contribution is 2.29. The van der Waals surface area contributed by atoms with Gasteiger partial charge in [0.15, 0.2) is 0 Å². The van der Waals surface area contributed by atoms with Crippen molar-refractivity contribution in [2.75, 3.05) is 13.1 Å². The van der Waals surface area contributed by atoms with Gasteiger partial charge >= 0.3 is 0 Å². The molecule has 26 heavy (non-hydrogen) atoms. The zero-order chi connectivity index (χ0) is 17.5. The van der Waals surface area contributed by atoms with Crippen molar-refractivity contribution in [2.45, 2.75) is 32.2 Å². The Morgan fingerprint density at radius 3 is 2.92 bits per heavy atom. The number of benzene rings is 2. The maximum atomic E-state index is 4.50. The molecule has 0 aliphatic carbocycles. The SMILES string of the molecule is Cc1nc2ccc(CN3CCC[C@H](c4cc5ccccc5[nH]4)C3)cc2[nH]1. The minimum Gasteiger partial charge on any atom is -0.358 e. The molecular formula is C22H24N4. The van der Waals surface area contributed by atoms with Crippen molar-refractivity contribution in [2.24, 2.45) is 0 Å². The molecule has 3 heterocycles. The number of H-pyrrole nitrogens is 2. The Kier molecular flexibility index (Phi) is 3.79.